The van der Waals surface area contributed by atoms with E-state index in [1.54, 1.807) is 86.7 Å². The number of aryl methyl sites for hydroxylation is 1. The predicted molar refractivity (Wildman–Crippen MR) is 195 cm³/mol. The molecule has 254 valence electrons. The maximum atomic E-state index is 13.6. The summed E-state index contributed by atoms with van der Waals surface area (Å²) in [4.78, 5) is 54.7. The summed E-state index contributed by atoms with van der Waals surface area (Å²) in [6.45, 7) is 6.25. The number of fused-ring (bicyclic) bond motifs is 1. The van der Waals surface area contributed by atoms with Gasteiger partial charge in [0.25, 0.3) is 11.8 Å². The second-order valence-corrected chi connectivity index (χ2v) is 13.8. The molecule has 1 aromatic heterocycles. The van der Waals surface area contributed by atoms with E-state index in [4.69, 9.17) is 9.47 Å². The number of benzene rings is 3. The predicted octanol–water partition coefficient (Wildman–Crippen LogP) is 7.73. The van der Waals surface area contributed by atoms with Gasteiger partial charge in [0, 0.05) is 21.0 Å². The Morgan fingerprint density at radius 3 is 2.39 bits per heavy atom. The van der Waals surface area contributed by atoms with E-state index in [1.807, 2.05) is 19.1 Å². The Hall–Kier alpha value is -4.87. The molecule has 0 radical (unpaired) electrons. The van der Waals surface area contributed by atoms with E-state index < -0.39 is 23.0 Å². The molecule has 0 spiro atoms. The molecular weight excluding hydrogens is 659 g/mol. The first kappa shape index (κ1) is 35.4. The average molecular weight is 698 g/mol. The maximum absolute atomic E-state index is 13.6. The van der Waals surface area contributed by atoms with E-state index >= 15 is 0 Å². The second kappa shape index (κ2) is 17.0. The van der Waals surface area contributed by atoms with Crippen LogP contribution in [0.3, 0.4) is 0 Å². The van der Waals surface area contributed by atoms with Gasteiger partial charge in [-0.1, -0.05) is 36.4 Å². The molecule has 3 aromatic carbocycles. The number of carbonyl (C=O) groups excluding carboxylic acids is 4. The van der Waals surface area contributed by atoms with Crippen molar-refractivity contribution in [1.29, 1.82) is 0 Å². The average Bonchev–Trinajstić information content (AvgIpc) is 3.47. The largest absolute Gasteiger partial charge is 0.494 e. The Morgan fingerprint density at radius 2 is 1.65 bits per heavy atom. The third-order valence-electron chi connectivity index (χ3n) is 7.69. The number of hydrogen-bond acceptors (Lipinski definition) is 8. The second-order valence-electron chi connectivity index (χ2n) is 11.2. The number of thioether (sulfide) groups is 1. The van der Waals surface area contributed by atoms with Gasteiger partial charge in [-0.05, 0) is 106 Å². The van der Waals surface area contributed by atoms with E-state index in [9.17, 15) is 19.2 Å². The summed E-state index contributed by atoms with van der Waals surface area (Å²) >= 11 is 2.78. The zero-order valence-corrected chi connectivity index (χ0v) is 29.3. The number of ether oxygens (including phenoxy) is 2. The van der Waals surface area contributed by atoms with E-state index in [0.717, 1.165) is 41.0 Å². The van der Waals surface area contributed by atoms with E-state index in [0.29, 0.717) is 39.7 Å². The van der Waals surface area contributed by atoms with Crippen molar-refractivity contribution in [3.8, 4) is 5.75 Å². The lowest BCUT2D eigenvalue weighted by molar-refractivity contribution is -0.115. The molecule has 3 amide bonds. The van der Waals surface area contributed by atoms with Gasteiger partial charge in [0.1, 0.15) is 16.4 Å². The van der Waals surface area contributed by atoms with Gasteiger partial charge >= 0.3 is 5.97 Å². The molecule has 11 heteroatoms. The number of anilines is 2. The maximum Gasteiger partial charge on any atom is 0.341 e. The summed E-state index contributed by atoms with van der Waals surface area (Å²) in [7, 11) is 0. The van der Waals surface area contributed by atoms with Gasteiger partial charge in [-0.15, -0.1) is 23.1 Å². The first-order valence-corrected chi connectivity index (χ1v) is 18.0. The molecule has 0 aliphatic heterocycles. The Kier molecular flexibility index (Phi) is 12.3. The first-order valence-electron chi connectivity index (χ1n) is 16.3. The van der Waals surface area contributed by atoms with Crippen LogP contribution in [0.2, 0.25) is 0 Å². The zero-order chi connectivity index (χ0) is 34.8. The molecule has 5 rings (SSSR count). The van der Waals surface area contributed by atoms with E-state index in [-0.39, 0.29) is 18.2 Å². The van der Waals surface area contributed by atoms with Crippen molar-refractivity contribution in [3.05, 3.63) is 112 Å². The lowest BCUT2D eigenvalue weighted by atomic mass is 9.95. The van der Waals surface area contributed by atoms with Gasteiger partial charge in [0.2, 0.25) is 5.91 Å². The summed E-state index contributed by atoms with van der Waals surface area (Å²) in [5, 5.41) is 8.65. The summed E-state index contributed by atoms with van der Waals surface area (Å²) in [6, 6.07) is 23.0. The lowest BCUT2D eigenvalue weighted by Gasteiger charge is -2.15. The van der Waals surface area contributed by atoms with Crippen LogP contribution in [0.15, 0.2) is 89.5 Å². The third kappa shape index (κ3) is 9.39. The summed E-state index contributed by atoms with van der Waals surface area (Å²) in [5.74, 6) is -0.885. The normalized spacial score (nSPS) is 13.1. The van der Waals surface area contributed by atoms with Crippen LogP contribution in [-0.4, -0.2) is 42.2 Å². The Bertz CT molecular complexity index is 1840. The minimum Gasteiger partial charge on any atom is -0.494 e. The number of esters is 1. The van der Waals surface area contributed by atoms with Crippen LogP contribution in [0.4, 0.5) is 10.7 Å². The Labute approximate surface area is 294 Å². The molecule has 1 aliphatic rings. The van der Waals surface area contributed by atoms with Gasteiger partial charge in [-0.25, -0.2) is 4.79 Å². The fourth-order valence-electron chi connectivity index (χ4n) is 5.33. The fraction of sp³-hybridized carbons (Fsp3) is 0.263. The third-order valence-corrected chi connectivity index (χ3v) is 9.99. The van der Waals surface area contributed by atoms with Gasteiger partial charge in [-0.2, -0.15) is 0 Å². The minimum absolute atomic E-state index is 0.0554. The monoisotopic (exact) mass is 697 g/mol. The van der Waals surface area contributed by atoms with Crippen molar-refractivity contribution in [2.24, 2.45) is 0 Å². The molecule has 4 aromatic rings. The van der Waals surface area contributed by atoms with Gasteiger partial charge in [-0.3, -0.25) is 14.4 Å². The van der Waals surface area contributed by atoms with Crippen LogP contribution in [0.5, 0.6) is 5.75 Å². The fourth-order valence-corrected chi connectivity index (χ4v) is 7.53. The number of nitrogens with one attached hydrogen (secondary N) is 3. The van der Waals surface area contributed by atoms with Crippen LogP contribution in [0.25, 0.3) is 6.08 Å². The number of hydrogen-bond donors (Lipinski definition) is 3. The van der Waals surface area contributed by atoms with Crippen molar-refractivity contribution in [2.45, 2.75) is 56.6 Å². The van der Waals surface area contributed by atoms with Crippen LogP contribution < -0.4 is 20.7 Å². The van der Waals surface area contributed by atoms with Crippen LogP contribution in [0.1, 0.15) is 70.3 Å². The molecule has 1 unspecified atom stereocenters. The van der Waals surface area contributed by atoms with Crippen molar-refractivity contribution in [2.75, 3.05) is 23.8 Å². The molecule has 1 atom stereocenters. The van der Waals surface area contributed by atoms with Crippen LogP contribution >= 0.6 is 23.1 Å². The smallest absolute Gasteiger partial charge is 0.341 e. The highest BCUT2D eigenvalue weighted by molar-refractivity contribution is 8.00. The molecule has 0 saturated carbocycles. The molecule has 1 heterocycles. The van der Waals surface area contributed by atoms with Crippen LogP contribution in [0, 0.1) is 0 Å². The van der Waals surface area contributed by atoms with Gasteiger partial charge in [0.15, 0.2) is 0 Å². The highest BCUT2D eigenvalue weighted by Crippen LogP contribution is 2.39. The highest BCUT2D eigenvalue weighted by Gasteiger charge is 2.28. The summed E-state index contributed by atoms with van der Waals surface area (Å²) in [5.41, 5.74) is 3.12. The topological polar surface area (TPSA) is 123 Å². The molecule has 3 N–H and O–H groups in total. The molecule has 9 nitrogen and oxygen atoms in total. The quantitative estimate of drug-likeness (QED) is 0.0743. The van der Waals surface area contributed by atoms with Crippen molar-refractivity contribution >= 4 is 63.6 Å². The molecule has 49 heavy (non-hydrogen) atoms. The Balaban J connectivity index is 1.29. The van der Waals surface area contributed by atoms with Gasteiger partial charge < -0.3 is 25.4 Å². The van der Waals surface area contributed by atoms with Crippen molar-refractivity contribution in [1.82, 2.24) is 5.32 Å². The highest BCUT2D eigenvalue weighted by atomic mass is 32.2. The number of carbonyl (C=O) groups is 4. The molecule has 0 saturated heterocycles. The number of amides is 3. The summed E-state index contributed by atoms with van der Waals surface area (Å²) in [6.07, 6.45) is 5.34. The lowest BCUT2D eigenvalue weighted by Crippen LogP contribution is -2.30. The van der Waals surface area contributed by atoms with Gasteiger partial charge in [0.05, 0.1) is 24.0 Å². The SMILES string of the molecule is CCOC(=O)c1c(NC(=O)C(C)Sc2cccc(NC(=O)/C(=C\c3ccc(OCC)cc3)NC(=O)c3ccccc3)c2)sc2c1CCCC2. The van der Waals surface area contributed by atoms with Crippen LogP contribution in [-0.2, 0) is 27.2 Å². The molecular formula is C38H39N3O6S2. The van der Waals surface area contributed by atoms with Crippen molar-refractivity contribution < 1.29 is 28.7 Å². The first-order chi connectivity index (χ1) is 23.7. The van der Waals surface area contributed by atoms with Crippen molar-refractivity contribution in [3.63, 3.8) is 0 Å². The number of thiophene rings is 1. The molecule has 0 fully saturated rings. The Morgan fingerprint density at radius 1 is 0.898 bits per heavy atom. The van der Waals surface area contributed by atoms with E-state index in [2.05, 4.69) is 16.0 Å². The standard InChI is InChI=1S/C38H39N3O6S2/c1-4-46-28-20-18-25(19-21-28)22-31(40-35(43)26-12-7-6-8-13-26)36(44)39-27-14-11-15-29(23-27)48-24(3)34(42)41-37-33(38(45)47-5-2)30-16-9-10-17-32(30)49-37/h6-8,11-15,18-24H,4-5,9-10,16-17H2,1-3H3,(H,39,44)(H,40,43)(H,41,42)/b31-22+. The van der Waals surface area contributed by atoms with E-state index in [1.165, 1.54) is 23.1 Å². The number of rotatable bonds is 13. The minimum atomic E-state index is -0.515. The summed E-state index contributed by atoms with van der Waals surface area (Å²) < 4.78 is 10.9. The molecule has 0 bridgehead atoms. The zero-order valence-electron chi connectivity index (χ0n) is 27.7. The molecule has 1 aliphatic carbocycles.